The van der Waals surface area contributed by atoms with Crippen molar-refractivity contribution in [1.29, 1.82) is 0 Å². The predicted molar refractivity (Wildman–Crippen MR) is 108 cm³/mol. The summed E-state index contributed by atoms with van der Waals surface area (Å²) in [5, 5.41) is 9.51. The first-order chi connectivity index (χ1) is 12.8. The second-order valence-corrected chi connectivity index (χ2v) is 10.2. The highest BCUT2D eigenvalue weighted by Gasteiger charge is 2.31. The number of carbonyl (C=O) groups is 1. The van der Waals surface area contributed by atoms with Crippen LogP contribution in [0.3, 0.4) is 0 Å². The van der Waals surface area contributed by atoms with Crippen molar-refractivity contribution in [3.05, 3.63) is 41.3 Å². The van der Waals surface area contributed by atoms with Crippen molar-refractivity contribution in [2.24, 2.45) is 11.8 Å². The number of thiophene rings is 1. The molecule has 1 heterocycles. The average molecular weight is 408 g/mol. The first-order valence-electron chi connectivity index (χ1n) is 9.23. The summed E-state index contributed by atoms with van der Waals surface area (Å²) >= 11 is 0.995. The van der Waals surface area contributed by atoms with Crippen LogP contribution in [0.2, 0.25) is 0 Å². The Morgan fingerprint density at radius 1 is 1.15 bits per heavy atom. The molecule has 0 saturated heterocycles. The third-order valence-corrected chi connectivity index (χ3v) is 8.12. The van der Waals surface area contributed by atoms with E-state index in [2.05, 4.69) is 18.6 Å². The Morgan fingerprint density at radius 2 is 1.78 bits per heavy atom. The lowest BCUT2D eigenvalue weighted by Crippen LogP contribution is -2.38. The quantitative estimate of drug-likeness (QED) is 0.733. The maximum Gasteiger partial charge on any atom is 0.347 e. The average Bonchev–Trinajstić information content (AvgIpc) is 3.09. The predicted octanol–water partition coefficient (Wildman–Crippen LogP) is 4.61. The molecule has 0 amide bonds. The standard InChI is InChI=1S/C20H25NO4S2/c1-13(2)14-8-10-16(11-9-14)21-27(24,25)18-12-17(26-19(18)20(22)23)15-6-4-3-5-7-15/h3-7,12-14,16,21H,8-11H2,1-2H3,(H,22,23). The summed E-state index contributed by atoms with van der Waals surface area (Å²) in [5.74, 6) is 0.0173. The molecule has 0 spiro atoms. The van der Waals surface area contributed by atoms with Gasteiger partial charge in [0, 0.05) is 10.9 Å². The van der Waals surface area contributed by atoms with Gasteiger partial charge in [-0.25, -0.2) is 17.9 Å². The highest BCUT2D eigenvalue weighted by Crippen LogP contribution is 2.35. The summed E-state index contributed by atoms with van der Waals surface area (Å²) in [4.78, 5) is 12.0. The van der Waals surface area contributed by atoms with Crippen LogP contribution >= 0.6 is 11.3 Å². The summed E-state index contributed by atoms with van der Waals surface area (Å²) in [6, 6.07) is 10.6. The fourth-order valence-corrected chi connectivity index (χ4v) is 6.49. The molecule has 1 saturated carbocycles. The molecule has 0 bridgehead atoms. The SMILES string of the molecule is CC(C)C1CCC(NS(=O)(=O)c2cc(-c3ccccc3)sc2C(=O)O)CC1. The Kier molecular flexibility index (Phi) is 6.03. The monoisotopic (exact) mass is 407 g/mol. The van der Waals surface area contributed by atoms with Crippen LogP contribution in [0.1, 0.15) is 49.2 Å². The molecule has 7 heteroatoms. The molecule has 0 atom stereocenters. The molecule has 1 fully saturated rings. The molecule has 1 aliphatic carbocycles. The van der Waals surface area contributed by atoms with Gasteiger partial charge < -0.3 is 5.11 Å². The van der Waals surface area contributed by atoms with E-state index in [9.17, 15) is 18.3 Å². The summed E-state index contributed by atoms with van der Waals surface area (Å²) in [6.07, 6.45) is 3.57. The molecule has 0 aliphatic heterocycles. The molecule has 0 unspecified atom stereocenters. The van der Waals surface area contributed by atoms with E-state index in [1.54, 1.807) is 0 Å². The van der Waals surface area contributed by atoms with Gasteiger partial charge in [-0.2, -0.15) is 0 Å². The first-order valence-corrected chi connectivity index (χ1v) is 11.5. The van der Waals surface area contributed by atoms with Gasteiger partial charge in [-0.05, 0) is 49.1 Å². The number of rotatable bonds is 6. The molecular formula is C20H25NO4S2. The lowest BCUT2D eigenvalue weighted by atomic mass is 9.80. The van der Waals surface area contributed by atoms with Crippen molar-refractivity contribution in [2.75, 3.05) is 0 Å². The van der Waals surface area contributed by atoms with Crippen LogP contribution in [0.4, 0.5) is 0 Å². The van der Waals surface area contributed by atoms with Crippen LogP contribution in [-0.2, 0) is 10.0 Å². The van der Waals surface area contributed by atoms with Gasteiger partial charge in [-0.3, -0.25) is 0 Å². The van der Waals surface area contributed by atoms with Crippen molar-refractivity contribution in [2.45, 2.75) is 50.5 Å². The van der Waals surface area contributed by atoms with E-state index in [1.165, 1.54) is 6.07 Å². The van der Waals surface area contributed by atoms with Crippen molar-refractivity contribution in [3.63, 3.8) is 0 Å². The molecule has 3 rings (SSSR count). The van der Waals surface area contributed by atoms with E-state index in [-0.39, 0.29) is 15.8 Å². The van der Waals surface area contributed by atoms with Gasteiger partial charge in [-0.15, -0.1) is 11.3 Å². The lowest BCUT2D eigenvalue weighted by Gasteiger charge is -2.31. The number of hydrogen-bond donors (Lipinski definition) is 2. The van der Waals surface area contributed by atoms with Crippen LogP contribution in [0.25, 0.3) is 10.4 Å². The Morgan fingerprint density at radius 3 is 2.33 bits per heavy atom. The van der Waals surface area contributed by atoms with Crippen LogP contribution < -0.4 is 4.72 Å². The lowest BCUT2D eigenvalue weighted by molar-refractivity contribution is 0.0698. The van der Waals surface area contributed by atoms with Gasteiger partial charge in [0.1, 0.15) is 9.77 Å². The molecule has 5 nitrogen and oxygen atoms in total. The van der Waals surface area contributed by atoms with Crippen molar-refractivity contribution >= 4 is 27.3 Å². The largest absolute Gasteiger partial charge is 0.477 e. The molecule has 0 radical (unpaired) electrons. The molecule has 2 N–H and O–H groups in total. The van der Waals surface area contributed by atoms with Crippen molar-refractivity contribution in [3.8, 4) is 10.4 Å². The Hall–Kier alpha value is -1.70. The van der Waals surface area contributed by atoms with E-state index in [4.69, 9.17) is 0 Å². The Balaban J connectivity index is 1.84. The fraction of sp³-hybridized carbons (Fsp3) is 0.450. The van der Waals surface area contributed by atoms with Crippen LogP contribution in [0, 0.1) is 11.8 Å². The Bertz CT molecular complexity index is 895. The highest BCUT2D eigenvalue weighted by molar-refractivity contribution is 7.89. The number of hydrogen-bond acceptors (Lipinski definition) is 4. The molecule has 1 aromatic carbocycles. The van der Waals surface area contributed by atoms with Crippen LogP contribution in [0.5, 0.6) is 0 Å². The normalized spacial score (nSPS) is 20.7. The van der Waals surface area contributed by atoms with Gasteiger partial charge >= 0.3 is 5.97 Å². The second-order valence-electron chi connectivity index (χ2n) is 7.45. The third kappa shape index (κ3) is 4.59. The number of sulfonamides is 1. The minimum absolute atomic E-state index is 0.133. The number of carboxylic acid groups (broad SMARTS) is 1. The summed E-state index contributed by atoms with van der Waals surface area (Å²) in [7, 11) is -3.88. The minimum atomic E-state index is -3.88. The molecule has 27 heavy (non-hydrogen) atoms. The molecule has 146 valence electrons. The molecule has 1 aromatic heterocycles. The topological polar surface area (TPSA) is 83.5 Å². The number of aromatic carboxylic acids is 1. The Labute approximate surface area is 164 Å². The zero-order chi connectivity index (χ0) is 19.6. The van der Waals surface area contributed by atoms with E-state index in [0.29, 0.717) is 16.7 Å². The number of nitrogens with one attached hydrogen (secondary N) is 1. The second kappa shape index (κ2) is 8.12. The minimum Gasteiger partial charge on any atom is -0.477 e. The maximum atomic E-state index is 12.9. The molecule has 1 aliphatic rings. The smallest absolute Gasteiger partial charge is 0.347 e. The van der Waals surface area contributed by atoms with Gasteiger partial charge in [-0.1, -0.05) is 44.2 Å². The zero-order valence-electron chi connectivity index (χ0n) is 15.5. The first kappa shape index (κ1) is 20.0. The summed E-state index contributed by atoms with van der Waals surface area (Å²) in [5.41, 5.74) is 0.809. The fourth-order valence-electron chi connectivity index (χ4n) is 3.65. The summed E-state index contributed by atoms with van der Waals surface area (Å²) in [6.45, 7) is 4.40. The van der Waals surface area contributed by atoms with E-state index >= 15 is 0 Å². The highest BCUT2D eigenvalue weighted by atomic mass is 32.2. The zero-order valence-corrected chi connectivity index (χ0v) is 17.1. The number of benzene rings is 1. The van der Waals surface area contributed by atoms with E-state index in [0.717, 1.165) is 42.6 Å². The molecular weight excluding hydrogens is 382 g/mol. The van der Waals surface area contributed by atoms with Gasteiger partial charge in [0.15, 0.2) is 0 Å². The van der Waals surface area contributed by atoms with Crippen molar-refractivity contribution < 1.29 is 18.3 Å². The number of carboxylic acids is 1. The van der Waals surface area contributed by atoms with Crippen LogP contribution in [0.15, 0.2) is 41.3 Å². The summed E-state index contributed by atoms with van der Waals surface area (Å²) < 4.78 is 28.6. The molecule has 2 aromatic rings. The van der Waals surface area contributed by atoms with Gasteiger partial charge in [0.05, 0.1) is 0 Å². The maximum absolute atomic E-state index is 12.9. The van der Waals surface area contributed by atoms with Crippen molar-refractivity contribution in [1.82, 2.24) is 4.72 Å². The van der Waals surface area contributed by atoms with E-state index < -0.39 is 16.0 Å². The third-order valence-electron chi connectivity index (χ3n) is 5.28. The van der Waals surface area contributed by atoms with Crippen LogP contribution in [-0.4, -0.2) is 25.5 Å². The van der Waals surface area contributed by atoms with Gasteiger partial charge in [0.25, 0.3) is 0 Å². The van der Waals surface area contributed by atoms with Gasteiger partial charge in [0.2, 0.25) is 10.0 Å². The van der Waals surface area contributed by atoms with E-state index in [1.807, 2.05) is 30.3 Å².